The zero-order valence-electron chi connectivity index (χ0n) is 16.5. The maximum atomic E-state index is 13.0. The van der Waals surface area contributed by atoms with Crippen LogP contribution in [0.5, 0.6) is 0 Å². The first-order chi connectivity index (χ1) is 14.9. The first kappa shape index (κ1) is 20.9. The third kappa shape index (κ3) is 5.41. The van der Waals surface area contributed by atoms with Crippen molar-refractivity contribution in [3.8, 4) is 11.5 Å². The average Bonchev–Trinajstić information content (AvgIpc) is 2.74. The Balaban J connectivity index is 1.67. The number of pyridine rings is 2. The third-order valence-corrected chi connectivity index (χ3v) is 4.33. The number of aryl methyl sites for hydroxylation is 1. The van der Waals surface area contributed by atoms with Crippen LogP contribution < -0.4 is 10.7 Å². The Kier molecular flexibility index (Phi) is 5.91. The molecule has 2 N–H and O–H groups in total. The lowest BCUT2D eigenvalue weighted by molar-refractivity contribution is -0.141. The van der Waals surface area contributed by atoms with Crippen molar-refractivity contribution in [1.82, 2.24) is 29.9 Å². The lowest BCUT2D eigenvalue weighted by atomic mass is 10.3. The third-order valence-electron chi connectivity index (χ3n) is 4.33. The van der Waals surface area contributed by atoms with Gasteiger partial charge in [0.15, 0.2) is 5.82 Å². The first-order valence-corrected chi connectivity index (χ1v) is 9.46. The second-order valence-electron chi connectivity index (χ2n) is 6.73. The number of halogens is 3. The van der Waals surface area contributed by atoms with Crippen molar-refractivity contribution in [1.29, 1.82) is 0 Å². The van der Waals surface area contributed by atoms with Gasteiger partial charge in [0, 0.05) is 30.7 Å². The molecular formula is C19H19F3N8O. The predicted molar refractivity (Wildman–Crippen MR) is 106 cm³/mol. The molecule has 0 aromatic carbocycles. The van der Waals surface area contributed by atoms with E-state index in [9.17, 15) is 13.2 Å². The van der Waals surface area contributed by atoms with Gasteiger partial charge >= 0.3 is 6.18 Å². The van der Waals surface area contributed by atoms with Gasteiger partial charge < -0.3 is 10.1 Å². The lowest BCUT2D eigenvalue weighted by Gasteiger charge is -2.27. The molecule has 0 aliphatic carbocycles. The number of rotatable bonds is 5. The van der Waals surface area contributed by atoms with Crippen molar-refractivity contribution in [3.63, 3.8) is 0 Å². The van der Waals surface area contributed by atoms with E-state index < -0.39 is 11.9 Å². The molecule has 1 fully saturated rings. The van der Waals surface area contributed by atoms with E-state index in [2.05, 4.69) is 35.7 Å². The maximum absolute atomic E-state index is 13.0. The van der Waals surface area contributed by atoms with E-state index >= 15 is 0 Å². The highest BCUT2D eigenvalue weighted by molar-refractivity contribution is 5.58. The van der Waals surface area contributed by atoms with Crippen molar-refractivity contribution >= 4 is 17.6 Å². The summed E-state index contributed by atoms with van der Waals surface area (Å²) in [5, 5.41) is 4.70. The molecule has 3 aromatic rings. The Morgan fingerprint density at radius 2 is 1.77 bits per heavy atom. The van der Waals surface area contributed by atoms with E-state index in [1.165, 1.54) is 6.07 Å². The Bertz CT molecular complexity index is 1060. The minimum Gasteiger partial charge on any atom is -0.379 e. The number of ether oxygens (including phenoxy) is 1. The molecule has 3 aromatic heterocycles. The molecule has 0 amide bonds. The molecule has 0 spiro atoms. The summed E-state index contributed by atoms with van der Waals surface area (Å²) in [7, 11) is 0. The Labute approximate surface area is 175 Å². The predicted octanol–water partition coefficient (Wildman–Crippen LogP) is 3.06. The van der Waals surface area contributed by atoms with E-state index in [-0.39, 0.29) is 23.4 Å². The topological polar surface area (TPSA) is 101 Å². The molecule has 0 bridgehead atoms. The Hall–Kier alpha value is -3.38. The molecule has 9 nitrogen and oxygen atoms in total. The second kappa shape index (κ2) is 8.78. The molecule has 1 saturated heterocycles. The molecule has 4 heterocycles. The van der Waals surface area contributed by atoms with Crippen molar-refractivity contribution < 1.29 is 17.9 Å². The average molecular weight is 432 g/mol. The summed E-state index contributed by atoms with van der Waals surface area (Å²) >= 11 is 0. The summed E-state index contributed by atoms with van der Waals surface area (Å²) in [5.41, 5.74) is 3.52. The normalized spacial score (nSPS) is 15.0. The van der Waals surface area contributed by atoms with E-state index in [1.807, 2.05) is 24.1 Å². The van der Waals surface area contributed by atoms with Gasteiger partial charge in [-0.2, -0.15) is 28.1 Å². The molecule has 1 aliphatic rings. The van der Waals surface area contributed by atoms with Gasteiger partial charge in [0.2, 0.25) is 11.9 Å². The van der Waals surface area contributed by atoms with E-state index in [0.717, 1.165) is 18.0 Å². The molecule has 162 valence electrons. The fourth-order valence-electron chi connectivity index (χ4n) is 2.87. The highest BCUT2D eigenvalue weighted by Crippen LogP contribution is 2.29. The monoisotopic (exact) mass is 432 g/mol. The van der Waals surface area contributed by atoms with E-state index in [4.69, 9.17) is 4.74 Å². The zero-order valence-corrected chi connectivity index (χ0v) is 16.5. The number of hydrogen-bond acceptors (Lipinski definition) is 9. The zero-order chi connectivity index (χ0) is 21.8. The smallest absolute Gasteiger partial charge is 0.379 e. The number of anilines is 3. The number of alkyl halides is 3. The van der Waals surface area contributed by atoms with Gasteiger partial charge in [-0.25, -0.2) is 9.99 Å². The summed E-state index contributed by atoms with van der Waals surface area (Å²) < 4.78 is 44.3. The van der Waals surface area contributed by atoms with Gasteiger partial charge in [-0.15, -0.1) is 0 Å². The number of aromatic nitrogens is 5. The van der Waals surface area contributed by atoms with Crippen LogP contribution in [0, 0.1) is 6.92 Å². The highest BCUT2D eigenvalue weighted by atomic mass is 19.4. The van der Waals surface area contributed by atoms with Gasteiger partial charge in [0.25, 0.3) is 0 Å². The van der Waals surface area contributed by atoms with Crippen LogP contribution in [-0.2, 0) is 10.9 Å². The van der Waals surface area contributed by atoms with E-state index in [0.29, 0.717) is 32.0 Å². The summed E-state index contributed by atoms with van der Waals surface area (Å²) in [6.07, 6.45) is -3.49. The fraction of sp³-hybridized carbons (Fsp3) is 0.316. The van der Waals surface area contributed by atoms with Crippen molar-refractivity contribution in [2.45, 2.75) is 13.1 Å². The van der Waals surface area contributed by atoms with Crippen LogP contribution in [0.25, 0.3) is 11.5 Å². The number of hydrogen-bond donors (Lipinski definition) is 2. The van der Waals surface area contributed by atoms with Crippen LogP contribution in [0.4, 0.5) is 30.8 Å². The van der Waals surface area contributed by atoms with Crippen LogP contribution in [0.15, 0.2) is 36.5 Å². The van der Waals surface area contributed by atoms with Gasteiger partial charge in [0.05, 0.1) is 13.2 Å². The minimum atomic E-state index is -4.56. The molecule has 1 aliphatic heterocycles. The maximum Gasteiger partial charge on any atom is 0.433 e. The molecule has 0 radical (unpaired) electrons. The number of morpholine rings is 1. The molecule has 0 unspecified atom stereocenters. The number of hydrazine groups is 1. The van der Waals surface area contributed by atoms with Crippen LogP contribution in [-0.4, -0.2) is 56.2 Å². The Morgan fingerprint density at radius 3 is 2.52 bits per heavy atom. The molecule has 0 saturated carbocycles. The van der Waals surface area contributed by atoms with Crippen molar-refractivity contribution in [3.05, 3.63) is 47.9 Å². The van der Waals surface area contributed by atoms with Gasteiger partial charge in [-0.3, -0.25) is 10.4 Å². The molecule has 31 heavy (non-hydrogen) atoms. The number of nitrogens with zero attached hydrogens (tertiary/aromatic N) is 6. The van der Waals surface area contributed by atoms with Crippen LogP contribution >= 0.6 is 0 Å². The van der Waals surface area contributed by atoms with Gasteiger partial charge in [-0.05, 0) is 31.2 Å². The first-order valence-electron chi connectivity index (χ1n) is 9.46. The van der Waals surface area contributed by atoms with Crippen molar-refractivity contribution in [2.24, 2.45) is 0 Å². The standard InChI is InChI=1S/C19H19F3N8O/c1-12-3-2-4-14(24-12)16-26-17(25-13-5-6-23-15(11-13)19(20,21)22)28-18(27-16)29-30-7-9-31-10-8-30/h2-6,11H,7-10H2,1H3,(H2,23,25,26,27,28,29). The molecule has 4 rings (SSSR count). The Morgan fingerprint density at radius 1 is 1.00 bits per heavy atom. The van der Waals surface area contributed by atoms with Gasteiger partial charge in [-0.1, -0.05) is 6.07 Å². The quantitative estimate of drug-likeness (QED) is 0.630. The molecular weight excluding hydrogens is 413 g/mol. The SMILES string of the molecule is Cc1cccc(-c2nc(Nc3ccnc(C(F)(F)F)c3)nc(NN3CCOCC3)n2)n1. The van der Waals surface area contributed by atoms with Gasteiger partial charge in [0.1, 0.15) is 11.4 Å². The summed E-state index contributed by atoms with van der Waals surface area (Å²) in [6, 6.07) is 7.70. The summed E-state index contributed by atoms with van der Waals surface area (Å²) in [5.74, 6) is 0.591. The summed E-state index contributed by atoms with van der Waals surface area (Å²) in [4.78, 5) is 20.9. The largest absolute Gasteiger partial charge is 0.433 e. The van der Waals surface area contributed by atoms with Crippen molar-refractivity contribution in [2.75, 3.05) is 37.0 Å². The number of nitrogens with one attached hydrogen (secondary N) is 2. The lowest BCUT2D eigenvalue weighted by Crippen LogP contribution is -2.40. The van der Waals surface area contributed by atoms with Crippen LogP contribution in [0.3, 0.4) is 0 Å². The highest BCUT2D eigenvalue weighted by Gasteiger charge is 2.32. The fourth-order valence-corrected chi connectivity index (χ4v) is 2.87. The second-order valence-corrected chi connectivity index (χ2v) is 6.73. The van der Waals surface area contributed by atoms with Crippen LogP contribution in [0.2, 0.25) is 0 Å². The van der Waals surface area contributed by atoms with E-state index in [1.54, 1.807) is 6.07 Å². The minimum absolute atomic E-state index is 0.0726. The molecule has 0 atom stereocenters. The molecule has 12 heteroatoms. The summed E-state index contributed by atoms with van der Waals surface area (Å²) in [6.45, 7) is 4.23. The van der Waals surface area contributed by atoms with Crippen LogP contribution in [0.1, 0.15) is 11.4 Å².